The Morgan fingerprint density at radius 2 is 1.73 bits per heavy atom. The smallest absolute Gasteiger partial charge is 0.244 e. The summed E-state index contributed by atoms with van der Waals surface area (Å²) in [7, 11) is 0. The van der Waals surface area contributed by atoms with Crippen LogP contribution in [0.2, 0.25) is 0 Å². The molecule has 0 spiro atoms. The molecule has 2 aliphatic carbocycles. The molecule has 3 rings (SSSR count). The van der Waals surface area contributed by atoms with Crippen LogP contribution in [0.1, 0.15) is 32.1 Å². The fourth-order valence-corrected chi connectivity index (χ4v) is 2.49. The van der Waals surface area contributed by atoms with E-state index in [1.165, 1.54) is 25.7 Å². The highest BCUT2D eigenvalue weighted by Gasteiger charge is 2.44. The summed E-state index contributed by atoms with van der Waals surface area (Å²) in [5.41, 5.74) is 0. The Morgan fingerprint density at radius 1 is 1.13 bits per heavy atom. The van der Waals surface area contributed by atoms with Gasteiger partial charge in [-0.15, -0.1) is 0 Å². The van der Waals surface area contributed by atoms with Gasteiger partial charge in [0.15, 0.2) is 0 Å². The van der Waals surface area contributed by atoms with Crippen LogP contribution in [0.5, 0.6) is 0 Å². The fourth-order valence-electron chi connectivity index (χ4n) is 2.49. The van der Waals surface area contributed by atoms with Crippen LogP contribution in [-0.2, 0) is 9.59 Å². The zero-order chi connectivity index (χ0) is 10.4. The van der Waals surface area contributed by atoms with Gasteiger partial charge in [0.25, 0.3) is 0 Å². The molecule has 0 aromatic carbocycles. The van der Waals surface area contributed by atoms with Crippen LogP contribution in [0.4, 0.5) is 0 Å². The summed E-state index contributed by atoms with van der Waals surface area (Å²) in [6.45, 7) is 0. The molecular formula is C11H16N2O2. The summed E-state index contributed by atoms with van der Waals surface area (Å²) in [5.74, 6) is 1.26. The molecule has 1 heterocycles. The first-order valence-electron chi connectivity index (χ1n) is 5.84. The highest BCUT2D eigenvalue weighted by Crippen LogP contribution is 2.44. The van der Waals surface area contributed by atoms with Crippen molar-refractivity contribution < 1.29 is 9.59 Å². The van der Waals surface area contributed by atoms with Crippen LogP contribution in [0.15, 0.2) is 0 Å². The molecule has 2 N–H and O–H groups in total. The van der Waals surface area contributed by atoms with Crippen molar-refractivity contribution in [2.45, 2.75) is 44.2 Å². The van der Waals surface area contributed by atoms with Gasteiger partial charge in [0.1, 0.15) is 0 Å². The first-order valence-corrected chi connectivity index (χ1v) is 5.84. The third kappa shape index (κ3) is 1.91. The highest BCUT2D eigenvalue weighted by molar-refractivity contribution is 6.05. The molecule has 4 heteroatoms. The lowest BCUT2D eigenvalue weighted by atomic mass is 10.1. The quantitative estimate of drug-likeness (QED) is 0.648. The Labute approximate surface area is 88.8 Å². The molecule has 2 amide bonds. The van der Waals surface area contributed by atoms with Gasteiger partial charge in [-0.2, -0.15) is 0 Å². The fraction of sp³-hybridized carbons (Fsp3) is 0.818. The van der Waals surface area contributed by atoms with E-state index in [-0.39, 0.29) is 17.9 Å². The van der Waals surface area contributed by atoms with Crippen LogP contribution in [0.25, 0.3) is 0 Å². The average molecular weight is 208 g/mol. The van der Waals surface area contributed by atoms with Gasteiger partial charge in [-0.05, 0) is 37.5 Å². The lowest BCUT2D eigenvalue weighted by Gasteiger charge is -2.20. The van der Waals surface area contributed by atoms with Gasteiger partial charge >= 0.3 is 0 Å². The maximum atomic E-state index is 11.4. The van der Waals surface area contributed by atoms with Gasteiger partial charge in [-0.25, -0.2) is 0 Å². The molecule has 0 bridgehead atoms. The van der Waals surface area contributed by atoms with E-state index in [2.05, 4.69) is 10.6 Å². The monoisotopic (exact) mass is 208 g/mol. The number of hydrogen-bond acceptors (Lipinski definition) is 3. The van der Waals surface area contributed by atoms with Crippen molar-refractivity contribution in [3.63, 3.8) is 0 Å². The van der Waals surface area contributed by atoms with E-state index in [1.54, 1.807) is 0 Å². The molecule has 0 aromatic heterocycles. The molecule has 2 saturated carbocycles. The summed E-state index contributed by atoms with van der Waals surface area (Å²) < 4.78 is 0. The Morgan fingerprint density at radius 3 is 2.13 bits per heavy atom. The van der Waals surface area contributed by atoms with Crippen LogP contribution < -0.4 is 10.6 Å². The lowest BCUT2D eigenvalue weighted by molar-refractivity contribution is -0.125. The van der Waals surface area contributed by atoms with Crippen molar-refractivity contribution in [1.29, 1.82) is 0 Å². The summed E-state index contributed by atoms with van der Waals surface area (Å²) in [6, 6.07) is 0.232. The van der Waals surface area contributed by atoms with Crippen LogP contribution >= 0.6 is 0 Å². The van der Waals surface area contributed by atoms with Crippen molar-refractivity contribution in [2.24, 2.45) is 11.8 Å². The van der Waals surface area contributed by atoms with Gasteiger partial charge in [-0.1, -0.05) is 0 Å². The van der Waals surface area contributed by atoms with Crippen molar-refractivity contribution in [3.8, 4) is 0 Å². The van der Waals surface area contributed by atoms with E-state index < -0.39 is 0 Å². The minimum Gasteiger partial charge on any atom is -0.302 e. The molecule has 1 saturated heterocycles. The summed E-state index contributed by atoms with van der Waals surface area (Å²) in [4.78, 5) is 22.5. The normalized spacial score (nSPS) is 31.1. The molecule has 15 heavy (non-hydrogen) atoms. The zero-order valence-corrected chi connectivity index (χ0v) is 8.66. The van der Waals surface area contributed by atoms with Gasteiger partial charge in [-0.3, -0.25) is 14.9 Å². The Hall–Kier alpha value is -0.900. The second kappa shape index (κ2) is 3.30. The van der Waals surface area contributed by atoms with E-state index in [0.29, 0.717) is 12.5 Å². The number of hydrogen-bond donors (Lipinski definition) is 2. The molecule has 0 aromatic rings. The number of imide groups is 1. The van der Waals surface area contributed by atoms with Crippen LogP contribution in [-0.4, -0.2) is 23.9 Å². The highest BCUT2D eigenvalue weighted by atomic mass is 16.2. The van der Waals surface area contributed by atoms with Gasteiger partial charge in [0, 0.05) is 6.04 Å². The molecular weight excluding hydrogens is 192 g/mol. The number of carbonyl (C=O) groups is 2. The van der Waals surface area contributed by atoms with Crippen molar-refractivity contribution in [3.05, 3.63) is 0 Å². The largest absolute Gasteiger partial charge is 0.302 e. The topological polar surface area (TPSA) is 58.2 Å². The molecule has 1 aliphatic heterocycles. The van der Waals surface area contributed by atoms with E-state index in [1.807, 2.05) is 0 Å². The standard InChI is InChI=1S/C11H16N2O2/c14-9-5-8(11(15)13-9)12-10(6-1-2-6)7-3-4-7/h6-8,10,12H,1-5H2,(H,13,14,15). The SMILES string of the molecule is O=C1CC(NC(C2CC2)C2CC2)C(=O)N1. The predicted molar refractivity (Wildman–Crippen MR) is 53.9 cm³/mol. The second-order valence-corrected chi connectivity index (χ2v) is 5.04. The lowest BCUT2D eigenvalue weighted by Crippen LogP contribution is -2.44. The number of carbonyl (C=O) groups excluding carboxylic acids is 2. The third-order valence-corrected chi connectivity index (χ3v) is 3.62. The van der Waals surface area contributed by atoms with E-state index >= 15 is 0 Å². The first kappa shape index (κ1) is 9.33. The Bertz CT molecular complexity index is 296. The number of rotatable bonds is 4. The van der Waals surface area contributed by atoms with E-state index in [9.17, 15) is 9.59 Å². The molecule has 3 aliphatic rings. The number of amides is 2. The van der Waals surface area contributed by atoms with Crippen molar-refractivity contribution in [2.75, 3.05) is 0 Å². The summed E-state index contributed by atoms with van der Waals surface area (Å²) >= 11 is 0. The minimum absolute atomic E-state index is 0.133. The molecule has 4 nitrogen and oxygen atoms in total. The molecule has 1 unspecified atom stereocenters. The zero-order valence-electron chi connectivity index (χ0n) is 8.66. The predicted octanol–water partition coefficient (Wildman–Crippen LogP) is 0.180. The summed E-state index contributed by atoms with van der Waals surface area (Å²) in [6.07, 6.45) is 5.48. The molecule has 1 atom stereocenters. The average Bonchev–Trinajstić information content (AvgIpc) is 3.05. The van der Waals surface area contributed by atoms with Crippen LogP contribution in [0, 0.1) is 11.8 Å². The van der Waals surface area contributed by atoms with Crippen molar-refractivity contribution in [1.82, 2.24) is 10.6 Å². The third-order valence-electron chi connectivity index (χ3n) is 3.62. The maximum absolute atomic E-state index is 11.4. The molecule has 0 radical (unpaired) electrons. The Balaban J connectivity index is 1.62. The molecule has 82 valence electrons. The number of nitrogens with one attached hydrogen (secondary N) is 2. The second-order valence-electron chi connectivity index (χ2n) is 5.04. The maximum Gasteiger partial charge on any atom is 0.244 e. The first-order chi connectivity index (χ1) is 7.24. The van der Waals surface area contributed by atoms with Crippen molar-refractivity contribution >= 4 is 11.8 Å². The van der Waals surface area contributed by atoms with E-state index in [4.69, 9.17) is 0 Å². The van der Waals surface area contributed by atoms with Gasteiger partial charge in [0.05, 0.1) is 12.5 Å². The minimum atomic E-state index is -0.260. The summed E-state index contributed by atoms with van der Waals surface area (Å²) in [5, 5.41) is 5.74. The van der Waals surface area contributed by atoms with Gasteiger partial charge in [0.2, 0.25) is 11.8 Å². The van der Waals surface area contributed by atoms with Crippen LogP contribution in [0.3, 0.4) is 0 Å². The van der Waals surface area contributed by atoms with Gasteiger partial charge < -0.3 is 5.32 Å². The van der Waals surface area contributed by atoms with E-state index in [0.717, 1.165) is 11.8 Å². The molecule has 3 fully saturated rings. The Kier molecular flexibility index (Phi) is 2.06.